The van der Waals surface area contributed by atoms with Crippen LogP contribution in [0.1, 0.15) is 87.5 Å². The van der Waals surface area contributed by atoms with Crippen molar-refractivity contribution in [2.45, 2.75) is 116 Å². The van der Waals surface area contributed by atoms with Crippen LogP contribution in [0, 0.1) is 11.8 Å². The Morgan fingerprint density at radius 3 is 2.25 bits per heavy atom. The van der Waals surface area contributed by atoms with Crippen LogP contribution in [0.2, 0.25) is 0 Å². The lowest BCUT2D eigenvalue weighted by Crippen LogP contribution is -2.58. The molecule has 4 atom stereocenters. The third kappa shape index (κ3) is 5.80. The van der Waals surface area contributed by atoms with Gasteiger partial charge >= 0.3 is 5.97 Å². The van der Waals surface area contributed by atoms with Gasteiger partial charge in [-0.1, -0.05) is 12.2 Å². The summed E-state index contributed by atoms with van der Waals surface area (Å²) in [5.74, 6) is -0.817. The van der Waals surface area contributed by atoms with E-state index in [-0.39, 0.29) is 29.1 Å². The summed E-state index contributed by atoms with van der Waals surface area (Å²) in [4.78, 5) is 18.9. The molecule has 162 valence electrons. The molecule has 0 radical (unpaired) electrons. The zero-order valence-corrected chi connectivity index (χ0v) is 19.1. The zero-order chi connectivity index (χ0) is 21.3. The molecule has 1 saturated heterocycles. The first kappa shape index (κ1) is 23.4. The van der Waals surface area contributed by atoms with Crippen LogP contribution in [-0.2, 0) is 14.4 Å². The Kier molecular flexibility index (Phi) is 7.05. The maximum atomic E-state index is 12.6. The number of ether oxygens (including phenoxy) is 1. The van der Waals surface area contributed by atoms with Crippen LogP contribution in [0.5, 0.6) is 0 Å². The molecular weight excluding hydrogens is 354 g/mol. The standard InChI is InChI=1S/C23H41NO4/c1-16(28-24-22(5,6)14-9-15-23(24,7)8)10-11-17-12-13-18(25)19(17)20(26)27-21(2,3)4/h10-11,16-19,25H,9,12-15H2,1-8H3/t16-,17+,18+,19-/m1/s1. The van der Waals surface area contributed by atoms with Crippen LogP contribution in [-0.4, -0.2) is 45.0 Å². The second kappa shape index (κ2) is 8.45. The lowest BCUT2D eigenvalue weighted by Gasteiger charge is -2.52. The van der Waals surface area contributed by atoms with Gasteiger partial charge in [0, 0.05) is 11.1 Å². The summed E-state index contributed by atoms with van der Waals surface area (Å²) < 4.78 is 5.53. The first-order valence-electron chi connectivity index (χ1n) is 10.8. The highest BCUT2D eigenvalue weighted by atomic mass is 16.7. The predicted octanol–water partition coefficient (Wildman–Crippen LogP) is 4.63. The number of rotatable bonds is 5. The third-order valence-corrected chi connectivity index (χ3v) is 5.93. The number of carbonyl (C=O) groups is 1. The maximum absolute atomic E-state index is 12.6. The fourth-order valence-corrected chi connectivity index (χ4v) is 4.69. The highest BCUT2D eigenvalue weighted by Gasteiger charge is 2.44. The van der Waals surface area contributed by atoms with Crippen LogP contribution in [0.25, 0.3) is 0 Å². The minimum atomic E-state index is -0.638. The van der Waals surface area contributed by atoms with E-state index in [4.69, 9.17) is 9.57 Å². The molecule has 5 nitrogen and oxygen atoms in total. The number of hydroxylamine groups is 2. The van der Waals surface area contributed by atoms with Crippen LogP contribution < -0.4 is 0 Å². The van der Waals surface area contributed by atoms with E-state index in [2.05, 4.69) is 32.8 Å². The van der Waals surface area contributed by atoms with Gasteiger partial charge in [-0.05, 0) is 93.4 Å². The molecule has 0 aromatic heterocycles. The molecule has 0 unspecified atom stereocenters. The molecule has 2 rings (SSSR count). The molecule has 0 aromatic rings. The minimum Gasteiger partial charge on any atom is -0.460 e. The van der Waals surface area contributed by atoms with Gasteiger partial charge in [0.2, 0.25) is 0 Å². The largest absolute Gasteiger partial charge is 0.460 e. The molecule has 1 heterocycles. The predicted molar refractivity (Wildman–Crippen MR) is 112 cm³/mol. The van der Waals surface area contributed by atoms with Crippen molar-refractivity contribution in [2.75, 3.05) is 0 Å². The first-order chi connectivity index (χ1) is 12.7. The zero-order valence-electron chi connectivity index (χ0n) is 19.1. The van der Waals surface area contributed by atoms with E-state index in [0.29, 0.717) is 6.42 Å². The van der Waals surface area contributed by atoms with Gasteiger partial charge in [0.25, 0.3) is 0 Å². The van der Waals surface area contributed by atoms with E-state index in [1.54, 1.807) is 0 Å². The normalized spacial score (nSPS) is 31.8. The summed E-state index contributed by atoms with van der Waals surface area (Å²) in [5.41, 5.74) is -0.561. The molecule has 28 heavy (non-hydrogen) atoms. The van der Waals surface area contributed by atoms with Gasteiger partial charge in [0.05, 0.1) is 18.1 Å². The van der Waals surface area contributed by atoms with Crippen molar-refractivity contribution >= 4 is 5.97 Å². The second-order valence-electron chi connectivity index (χ2n) is 10.8. The highest BCUT2D eigenvalue weighted by molar-refractivity contribution is 5.74. The Balaban J connectivity index is 2.04. The maximum Gasteiger partial charge on any atom is 0.312 e. The van der Waals surface area contributed by atoms with Crippen molar-refractivity contribution in [3.05, 3.63) is 12.2 Å². The summed E-state index contributed by atoms with van der Waals surface area (Å²) in [7, 11) is 0. The number of piperidine rings is 1. The summed E-state index contributed by atoms with van der Waals surface area (Å²) in [6.45, 7) is 16.5. The van der Waals surface area contributed by atoms with Crippen molar-refractivity contribution in [3.8, 4) is 0 Å². The molecule has 5 heteroatoms. The van der Waals surface area contributed by atoms with Gasteiger partial charge in [-0.2, -0.15) is 5.06 Å². The Hall–Kier alpha value is -0.910. The molecule has 2 fully saturated rings. The number of hydrogen-bond donors (Lipinski definition) is 1. The van der Waals surface area contributed by atoms with Gasteiger partial charge in [0.15, 0.2) is 0 Å². The molecule has 1 saturated carbocycles. The molecule has 0 amide bonds. The number of allylic oxidation sites excluding steroid dienone is 1. The molecular formula is C23H41NO4. The van der Waals surface area contributed by atoms with E-state index in [0.717, 1.165) is 19.3 Å². The monoisotopic (exact) mass is 395 g/mol. The van der Waals surface area contributed by atoms with E-state index in [1.807, 2.05) is 39.8 Å². The van der Waals surface area contributed by atoms with Crippen molar-refractivity contribution in [2.24, 2.45) is 11.8 Å². The highest BCUT2D eigenvalue weighted by Crippen LogP contribution is 2.39. The average molecular weight is 396 g/mol. The number of nitrogens with zero attached hydrogens (tertiary/aromatic N) is 1. The first-order valence-corrected chi connectivity index (χ1v) is 10.8. The van der Waals surface area contributed by atoms with E-state index < -0.39 is 17.6 Å². The smallest absolute Gasteiger partial charge is 0.312 e. The fourth-order valence-electron chi connectivity index (χ4n) is 4.69. The average Bonchev–Trinajstić information content (AvgIpc) is 2.88. The number of esters is 1. The SMILES string of the molecule is C[C@H](C=C[C@H]1CC[C@H](O)[C@@H]1C(=O)OC(C)(C)C)ON1C(C)(C)CCCC1(C)C. The lowest BCUT2D eigenvalue weighted by atomic mass is 9.82. The Labute approximate surface area is 171 Å². The summed E-state index contributed by atoms with van der Waals surface area (Å²) in [6.07, 6.45) is 8.18. The summed E-state index contributed by atoms with van der Waals surface area (Å²) in [5, 5.41) is 12.5. The second-order valence-corrected chi connectivity index (χ2v) is 10.8. The third-order valence-electron chi connectivity index (χ3n) is 5.93. The summed E-state index contributed by atoms with van der Waals surface area (Å²) >= 11 is 0. The number of aliphatic hydroxyl groups is 1. The molecule has 0 bridgehead atoms. The molecule has 1 aliphatic carbocycles. The number of aliphatic hydroxyl groups excluding tert-OH is 1. The van der Waals surface area contributed by atoms with Crippen LogP contribution in [0.4, 0.5) is 0 Å². The van der Waals surface area contributed by atoms with Crippen LogP contribution in [0.15, 0.2) is 12.2 Å². The fraction of sp³-hybridized carbons (Fsp3) is 0.870. The lowest BCUT2D eigenvalue weighted by molar-refractivity contribution is -0.293. The Bertz CT molecular complexity index is 560. The number of hydrogen-bond acceptors (Lipinski definition) is 5. The van der Waals surface area contributed by atoms with Gasteiger partial charge in [-0.25, -0.2) is 0 Å². The quantitative estimate of drug-likeness (QED) is 0.543. The molecule has 0 aromatic carbocycles. The number of carbonyl (C=O) groups excluding carboxylic acids is 1. The van der Waals surface area contributed by atoms with E-state index in [9.17, 15) is 9.90 Å². The topological polar surface area (TPSA) is 59.0 Å². The van der Waals surface area contributed by atoms with Crippen molar-refractivity contribution < 1.29 is 19.5 Å². The summed E-state index contributed by atoms with van der Waals surface area (Å²) in [6, 6.07) is 0. The Morgan fingerprint density at radius 1 is 1.14 bits per heavy atom. The van der Waals surface area contributed by atoms with Crippen molar-refractivity contribution in [1.29, 1.82) is 0 Å². The van der Waals surface area contributed by atoms with Crippen LogP contribution >= 0.6 is 0 Å². The molecule has 2 aliphatic rings. The molecule has 0 spiro atoms. The van der Waals surface area contributed by atoms with Gasteiger partial charge < -0.3 is 9.84 Å². The van der Waals surface area contributed by atoms with Gasteiger partial charge in [-0.3, -0.25) is 9.63 Å². The van der Waals surface area contributed by atoms with Crippen molar-refractivity contribution in [3.63, 3.8) is 0 Å². The Morgan fingerprint density at radius 2 is 1.71 bits per heavy atom. The minimum absolute atomic E-state index is 0.00749. The van der Waals surface area contributed by atoms with Crippen LogP contribution in [0.3, 0.4) is 0 Å². The van der Waals surface area contributed by atoms with E-state index in [1.165, 1.54) is 6.42 Å². The molecule has 1 aliphatic heterocycles. The van der Waals surface area contributed by atoms with Crippen molar-refractivity contribution in [1.82, 2.24) is 5.06 Å². The molecule has 1 N–H and O–H groups in total. The van der Waals surface area contributed by atoms with E-state index >= 15 is 0 Å². The van der Waals surface area contributed by atoms with Gasteiger partial charge in [-0.15, -0.1) is 0 Å². The van der Waals surface area contributed by atoms with Gasteiger partial charge in [0.1, 0.15) is 5.60 Å².